The molecule has 1 aromatic rings. The average Bonchev–Trinajstić information content (AvgIpc) is 2.41. The Morgan fingerprint density at radius 3 is 3.06 bits per heavy atom. The number of hydrogen-bond donors (Lipinski definition) is 0. The lowest BCUT2D eigenvalue weighted by Gasteiger charge is -2.34. The molecule has 0 N–H and O–H groups in total. The number of carbonyl (C=O) groups is 1. The van der Waals surface area contributed by atoms with E-state index in [4.69, 9.17) is 16.3 Å². The molecule has 6 heteroatoms. The molecule has 1 aliphatic heterocycles. The SMILES string of the molecule is O=C(c1ccc(F)c(Cl)c1)N1CCOCC1CBr. The van der Waals surface area contributed by atoms with E-state index in [0.717, 1.165) is 0 Å². The molecule has 1 aliphatic rings. The van der Waals surface area contributed by atoms with Gasteiger partial charge in [-0.1, -0.05) is 27.5 Å². The van der Waals surface area contributed by atoms with Crippen LogP contribution < -0.4 is 0 Å². The van der Waals surface area contributed by atoms with Gasteiger partial charge in [-0.2, -0.15) is 0 Å². The zero-order chi connectivity index (χ0) is 13.1. The van der Waals surface area contributed by atoms with Crippen LogP contribution in [-0.2, 0) is 4.74 Å². The minimum atomic E-state index is -0.521. The zero-order valence-electron chi connectivity index (χ0n) is 9.54. The van der Waals surface area contributed by atoms with Gasteiger partial charge in [0.15, 0.2) is 0 Å². The first-order valence-electron chi connectivity index (χ1n) is 5.53. The molecule has 0 radical (unpaired) electrons. The van der Waals surface area contributed by atoms with E-state index in [1.165, 1.54) is 18.2 Å². The first-order valence-corrected chi connectivity index (χ1v) is 7.03. The van der Waals surface area contributed by atoms with E-state index < -0.39 is 5.82 Å². The van der Waals surface area contributed by atoms with E-state index >= 15 is 0 Å². The maximum absolute atomic E-state index is 13.1. The third-order valence-corrected chi connectivity index (χ3v) is 3.87. The number of halogens is 3. The quantitative estimate of drug-likeness (QED) is 0.777. The van der Waals surface area contributed by atoms with Crippen molar-refractivity contribution in [3.8, 4) is 0 Å². The fraction of sp³-hybridized carbons (Fsp3) is 0.417. The molecule has 1 heterocycles. The Morgan fingerprint density at radius 1 is 1.61 bits per heavy atom. The third-order valence-electron chi connectivity index (χ3n) is 2.83. The van der Waals surface area contributed by atoms with Crippen molar-refractivity contribution in [1.29, 1.82) is 0 Å². The van der Waals surface area contributed by atoms with Gasteiger partial charge >= 0.3 is 0 Å². The Hall–Kier alpha value is -0.650. The van der Waals surface area contributed by atoms with Gasteiger partial charge in [-0.3, -0.25) is 4.79 Å². The summed E-state index contributed by atoms with van der Waals surface area (Å²) in [5, 5.41) is 0.609. The molecule has 1 amide bonds. The molecule has 0 spiro atoms. The summed E-state index contributed by atoms with van der Waals surface area (Å²) in [4.78, 5) is 14.0. The summed E-state index contributed by atoms with van der Waals surface area (Å²) < 4.78 is 18.4. The lowest BCUT2D eigenvalue weighted by atomic mass is 10.1. The molecule has 3 nitrogen and oxygen atoms in total. The Bertz CT molecular complexity index is 458. The average molecular weight is 337 g/mol. The van der Waals surface area contributed by atoms with Gasteiger partial charge in [-0.25, -0.2) is 4.39 Å². The Labute approximate surface area is 118 Å². The molecule has 0 aromatic heterocycles. The summed E-state index contributed by atoms with van der Waals surface area (Å²) in [6.45, 7) is 1.56. The minimum Gasteiger partial charge on any atom is -0.377 e. The summed E-state index contributed by atoms with van der Waals surface area (Å²) in [6.07, 6.45) is 0. The van der Waals surface area contributed by atoms with Crippen LogP contribution in [0.2, 0.25) is 5.02 Å². The Morgan fingerprint density at radius 2 is 2.39 bits per heavy atom. The molecule has 0 aliphatic carbocycles. The van der Waals surface area contributed by atoms with Crippen LogP contribution in [0.15, 0.2) is 18.2 Å². The molecular weight excluding hydrogens is 324 g/mol. The van der Waals surface area contributed by atoms with E-state index in [1.54, 1.807) is 4.90 Å². The molecule has 98 valence electrons. The molecule has 18 heavy (non-hydrogen) atoms. The van der Waals surface area contributed by atoms with E-state index in [2.05, 4.69) is 15.9 Å². The second kappa shape index (κ2) is 5.99. The van der Waals surface area contributed by atoms with Crippen LogP contribution in [0.5, 0.6) is 0 Å². The smallest absolute Gasteiger partial charge is 0.254 e. The highest BCUT2D eigenvalue weighted by molar-refractivity contribution is 9.09. The van der Waals surface area contributed by atoms with E-state index in [1.807, 2.05) is 0 Å². The van der Waals surface area contributed by atoms with Gasteiger partial charge in [-0.05, 0) is 18.2 Å². The van der Waals surface area contributed by atoms with Crippen molar-refractivity contribution in [1.82, 2.24) is 4.90 Å². The summed E-state index contributed by atoms with van der Waals surface area (Å²) in [5.74, 6) is -0.670. The lowest BCUT2D eigenvalue weighted by Crippen LogP contribution is -2.49. The first kappa shape index (κ1) is 13.8. The van der Waals surface area contributed by atoms with Crippen LogP contribution in [0.1, 0.15) is 10.4 Å². The third kappa shape index (κ3) is 2.84. The summed E-state index contributed by atoms with van der Waals surface area (Å²) in [6, 6.07) is 4.01. The standard InChI is InChI=1S/C12H12BrClFNO2/c13-6-9-7-18-4-3-16(9)12(17)8-1-2-11(15)10(14)5-8/h1-2,5,9H,3-4,6-7H2. The van der Waals surface area contributed by atoms with Crippen molar-refractivity contribution in [3.63, 3.8) is 0 Å². The molecule has 2 rings (SSSR count). The van der Waals surface area contributed by atoms with Crippen molar-refractivity contribution in [3.05, 3.63) is 34.6 Å². The molecule has 0 bridgehead atoms. The summed E-state index contributed by atoms with van der Waals surface area (Å²) in [5.41, 5.74) is 0.397. The van der Waals surface area contributed by atoms with Crippen LogP contribution >= 0.6 is 27.5 Å². The van der Waals surface area contributed by atoms with Crippen LogP contribution in [-0.4, -0.2) is 41.9 Å². The number of ether oxygens (including phenoxy) is 1. The van der Waals surface area contributed by atoms with Crippen molar-refractivity contribution >= 4 is 33.4 Å². The molecule has 1 fully saturated rings. The summed E-state index contributed by atoms with van der Waals surface area (Å²) in [7, 11) is 0. The van der Waals surface area contributed by atoms with Gasteiger partial charge in [0.25, 0.3) is 5.91 Å². The maximum Gasteiger partial charge on any atom is 0.254 e. The zero-order valence-corrected chi connectivity index (χ0v) is 11.9. The Kier molecular flexibility index (Phi) is 4.59. The van der Waals surface area contributed by atoms with Crippen LogP contribution in [0.25, 0.3) is 0 Å². The van der Waals surface area contributed by atoms with Gasteiger partial charge in [0, 0.05) is 17.4 Å². The second-order valence-corrected chi connectivity index (χ2v) is 5.07. The first-order chi connectivity index (χ1) is 8.63. The van der Waals surface area contributed by atoms with Crippen LogP contribution in [0.4, 0.5) is 4.39 Å². The number of hydrogen-bond acceptors (Lipinski definition) is 2. The maximum atomic E-state index is 13.1. The molecule has 0 saturated carbocycles. The molecule has 1 atom stereocenters. The van der Waals surface area contributed by atoms with Crippen LogP contribution in [0, 0.1) is 5.82 Å². The van der Waals surface area contributed by atoms with E-state index in [-0.39, 0.29) is 17.0 Å². The van der Waals surface area contributed by atoms with Crippen LogP contribution in [0.3, 0.4) is 0 Å². The second-order valence-electron chi connectivity index (χ2n) is 4.01. The van der Waals surface area contributed by atoms with E-state index in [0.29, 0.717) is 30.7 Å². The number of rotatable bonds is 2. The molecule has 1 unspecified atom stereocenters. The molecule has 1 aromatic carbocycles. The molecular formula is C12H12BrClFNO2. The largest absolute Gasteiger partial charge is 0.377 e. The highest BCUT2D eigenvalue weighted by Crippen LogP contribution is 2.19. The van der Waals surface area contributed by atoms with Gasteiger partial charge in [-0.15, -0.1) is 0 Å². The Balaban J connectivity index is 2.21. The topological polar surface area (TPSA) is 29.5 Å². The normalized spacial score (nSPS) is 19.9. The van der Waals surface area contributed by atoms with Crippen molar-refractivity contribution < 1.29 is 13.9 Å². The lowest BCUT2D eigenvalue weighted by molar-refractivity contribution is 0.00524. The van der Waals surface area contributed by atoms with Crippen molar-refractivity contribution in [2.75, 3.05) is 25.1 Å². The highest BCUT2D eigenvalue weighted by atomic mass is 79.9. The number of amides is 1. The number of morpholine rings is 1. The highest BCUT2D eigenvalue weighted by Gasteiger charge is 2.27. The monoisotopic (exact) mass is 335 g/mol. The predicted octanol–water partition coefficient (Wildman–Crippen LogP) is 2.72. The molecule has 1 saturated heterocycles. The van der Waals surface area contributed by atoms with Crippen molar-refractivity contribution in [2.24, 2.45) is 0 Å². The number of carbonyl (C=O) groups excluding carboxylic acids is 1. The van der Waals surface area contributed by atoms with Gasteiger partial charge < -0.3 is 9.64 Å². The predicted molar refractivity (Wildman–Crippen MR) is 70.8 cm³/mol. The van der Waals surface area contributed by atoms with Gasteiger partial charge in [0.1, 0.15) is 5.82 Å². The minimum absolute atomic E-state index is 0.00456. The number of nitrogens with zero attached hydrogens (tertiary/aromatic N) is 1. The van der Waals surface area contributed by atoms with Crippen molar-refractivity contribution in [2.45, 2.75) is 6.04 Å². The summed E-state index contributed by atoms with van der Waals surface area (Å²) >= 11 is 9.05. The fourth-order valence-corrected chi connectivity index (χ4v) is 2.56. The van der Waals surface area contributed by atoms with Gasteiger partial charge in [0.2, 0.25) is 0 Å². The fourth-order valence-electron chi connectivity index (χ4n) is 1.85. The van der Waals surface area contributed by atoms with Gasteiger partial charge in [0.05, 0.1) is 24.3 Å². The van der Waals surface area contributed by atoms with E-state index in [9.17, 15) is 9.18 Å². The number of alkyl halides is 1. The number of benzene rings is 1.